The van der Waals surface area contributed by atoms with E-state index in [1.54, 1.807) is 0 Å². The molecule has 0 aliphatic carbocycles. The van der Waals surface area contributed by atoms with E-state index in [1.807, 2.05) is 0 Å². The van der Waals surface area contributed by atoms with Crippen LogP contribution in [0.2, 0.25) is 0 Å². The highest BCUT2D eigenvalue weighted by Gasteiger charge is 2.38. The fourth-order valence-corrected chi connectivity index (χ4v) is 2.21. The van der Waals surface area contributed by atoms with Crippen LogP contribution in [0.3, 0.4) is 0 Å². The Balaban J connectivity index is 2.41. The number of hydrogen-bond donors (Lipinski definition) is 1. The number of carbonyl (C=O) groups is 1. The van der Waals surface area contributed by atoms with Crippen LogP contribution in [0.25, 0.3) is 0 Å². The fourth-order valence-electron chi connectivity index (χ4n) is 2.21. The second-order valence-electron chi connectivity index (χ2n) is 5.00. The van der Waals surface area contributed by atoms with Crippen molar-refractivity contribution in [1.29, 1.82) is 0 Å². The Morgan fingerprint density at radius 2 is 2.25 bits per heavy atom. The van der Waals surface area contributed by atoms with Crippen LogP contribution in [-0.2, 0) is 9.53 Å². The molecular formula is C13H25NO2. The SMILES string of the molecule is CCCCC(CC)CC(=O)C1(N)CCOC1. The van der Waals surface area contributed by atoms with Gasteiger partial charge < -0.3 is 10.5 Å². The van der Waals surface area contributed by atoms with Crippen molar-refractivity contribution in [3.8, 4) is 0 Å². The summed E-state index contributed by atoms with van der Waals surface area (Å²) < 4.78 is 5.23. The van der Waals surface area contributed by atoms with Crippen molar-refractivity contribution in [1.82, 2.24) is 0 Å². The number of hydrogen-bond acceptors (Lipinski definition) is 3. The standard InChI is InChI=1S/C13H25NO2/c1-3-5-6-11(4-2)9-12(15)13(14)7-8-16-10-13/h11H,3-10,14H2,1-2H3. The van der Waals surface area contributed by atoms with E-state index >= 15 is 0 Å². The highest BCUT2D eigenvalue weighted by Crippen LogP contribution is 2.24. The minimum atomic E-state index is -0.681. The smallest absolute Gasteiger partial charge is 0.155 e. The third-order valence-electron chi connectivity index (χ3n) is 3.62. The zero-order valence-electron chi connectivity index (χ0n) is 10.6. The molecule has 0 aromatic heterocycles. The molecule has 1 rings (SSSR count). The molecule has 0 amide bonds. The minimum Gasteiger partial charge on any atom is -0.379 e. The van der Waals surface area contributed by atoms with Crippen LogP contribution >= 0.6 is 0 Å². The van der Waals surface area contributed by atoms with E-state index in [-0.39, 0.29) is 5.78 Å². The van der Waals surface area contributed by atoms with Gasteiger partial charge in [-0.1, -0.05) is 39.5 Å². The van der Waals surface area contributed by atoms with E-state index in [9.17, 15) is 4.79 Å². The molecule has 0 aromatic rings. The Kier molecular flexibility index (Phi) is 5.42. The van der Waals surface area contributed by atoms with E-state index in [0.29, 0.717) is 32.0 Å². The number of ketones is 1. The maximum absolute atomic E-state index is 12.1. The molecule has 1 aliphatic rings. The highest BCUT2D eigenvalue weighted by molar-refractivity contribution is 5.88. The third kappa shape index (κ3) is 3.56. The lowest BCUT2D eigenvalue weighted by molar-refractivity contribution is -0.125. The van der Waals surface area contributed by atoms with Gasteiger partial charge in [-0.2, -0.15) is 0 Å². The first-order valence-corrected chi connectivity index (χ1v) is 6.52. The number of unbranched alkanes of at least 4 members (excludes halogenated alkanes) is 1. The summed E-state index contributed by atoms with van der Waals surface area (Å²) >= 11 is 0. The van der Waals surface area contributed by atoms with Crippen molar-refractivity contribution in [3.63, 3.8) is 0 Å². The van der Waals surface area contributed by atoms with Crippen molar-refractivity contribution in [3.05, 3.63) is 0 Å². The highest BCUT2D eigenvalue weighted by atomic mass is 16.5. The van der Waals surface area contributed by atoms with E-state index in [4.69, 9.17) is 10.5 Å². The quantitative estimate of drug-likeness (QED) is 0.726. The van der Waals surface area contributed by atoms with Crippen LogP contribution in [0.1, 0.15) is 52.4 Å². The Bertz CT molecular complexity index is 222. The summed E-state index contributed by atoms with van der Waals surface area (Å²) in [4.78, 5) is 12.1. The van der Waals surface area contributed by atoms with E-state index in [0.717, 1.165) is 12.8 Å². The second kappa shape index (κ2) is 6.36. The van der Waals surface area contributed by atoms with Crippen LogP contribution in [0.5, 0.6) is 0 Å². The average molecular weight is 227 g/mol. The Hall–Kier alpha value is -0.410. The van der Waals surface area contributed by atoms with Crippen molar-refractivity contribution >= 4 is 5.78 Å². The molecule has 2 atom stereocenters. The monoisotopic (exact) mass is 227 g/mol. The summed E-state index contributed by atoms with van der Waals surface area (Å²) in [5, 5.41) is 0. The number of nitrogens with two attached hydrogens (primary N) is 1. The van der Waals surface area contributed by atoms with E-state index < -0.39 is 5.54 Å². The van der Waals surface area contributed by atoms with Gasteiger partial charge in [0.15, 0.2) is 5.78 Å². The van der Waals surface area contributed by atoms with Gasteiger partial charge in [0.25, 0.3) is 0 Å². The normalized spacial score (nSPS) is 26.9. The number of carbonyl (C=O) groups excluding carboxylic acids is 1. The van der Waals surface area contributed by atoms with E-state index in [1.165, 1.54) is 12.8 Å². The first kappa shape index (κ1) is 13.7. The van der Waals surface area contributed by atoms with Gasteiger partial charge >= 0.3 is 0 Å². The molecule has 0 bridgehead atoms. The molecule has 94 valence electrons. The predicted molar refractivity (Wildman–Crippen MR) is 65.3 cm³/mol. The second-order valence-corrected chi connectivity index (χ2v) is 5.00. The maximum atomic E-state index is 12.1. The summed E-state index contributed by atoms with van der Waals surface area (Å²) in [6.45, 7) is 5.38. The van der Waals surface area contributed by atoms with Crippen LogP contribution in [0.4, 0.5) is 0 Å². The molecule has 0 spiro atoms. The molecule has 1 heterocycles. The molecular weight excluding hydrogens is 202 g/mol. The predicted octanol–water partition coefficient (Wildman–Crippen LogP) is 2.28. The lowest BCUT2D eigenvalue weighted by Gasteiger charge is -2.23. The molecule has 1 saturated heterocycles. The lowest BCUT2D eigenvalue weighted by Crippen LogP contribution is -2.49. The largest absolute Gasteiger partial charge is 0.379 e. The van der Waals surface area contributed by atoms with Crippen molar-refractivity contribution in [2.75, 3.05) is 13.2 Å². The van der Waals surface area contributed by atoms with Gasteiger partial charge in [0.2, 0.25) is 0 Å². The molecule has 16 heavy (non-hydrogen) atoms. The van der Waals surface area contributed by atoms with Crippen LogP contribution in [0.15, 0.2) is 0 Å². The zero-order chi connectivity index (χ0) is 12.0. The summed E-state index contributed by atoms with van der Waals surface area (Å²) in [6.07, 6.45) is 5.95. The number of Topliss-reactive ketones (excluding diaryl/α,β-unsaturated/α-hetero) is 1. The van der Waals surface area contributed by atoms with E-state index in [2.05, 4.69) is 13.8 Å². The van der Waals surface area contributed by atoms with Crippen LogP contribution in [0, 0.1) is 5.92 Å². The molecule has 1 fully saturated rings. The maximum Gasteiger partial charge on any atom is 0.155 e. The van der Waals surface area contributed by atoms with Crippen LogP contribution in [-0.4, -0.2) is 24.5 Å². The van der Waals surface area contributed by atoms with Crippen LogP contribution < -0.4 is 5.73 Å². The molecule has 0 radical (unpaired) electrons. The summed E-state index contributed by atoms with van der Waals surface area (Å²) in [5.41, 5.74) is 5.38. The number of ether oxygens (including phenoxy) is 1. The molecule has 1 aliphatic heterocycles. The van der Waals surface area contributed by atoms with Gasteiger partial charge in [0.05, 0.1) is 6.61 Å². The van der Waals surface area contributed by atoms with Gasteiger partial charge in [-0.3, -0.25) is 4.79 Å². The molecule has 2 unspecified atom stereocenters. The molecule has 3 heteroatoms. The topological polar surface area (TPSA) is 52.3 Å². The molecule has 2 N–H and O–H groups in total. The van der Waals surface area contributed by atoms with Gasteiger partial charge in [-0.05, 0) is 12.3 Å². The summed E-state index contributed by atoms with van der Waals surface area (Å²) in [6, 6.07) is 0. The third-order valence-corrected chi connectivity index (χ3v) is 3.62. The first-order chi connectivity index (χ1) is 7.62. The van der Waals surface area contributed by atoms with Gasteiger partial charge in [-0.25, -0.2) is 0 Å². The van der Waals surface area contributed by atoms with Crippen molar-refractivity contribution < 1.29 is 9.53 Å². The van der Waals surface area contributed by atoms with Gasteiger partial charge in [0, 0.05) is 13.0 Å². The van der Waals surface area contributed by atoms with Crippen molar-refractivity contribution in [2.45, 2.75) is 57.9 Å². The Morgan fingerprint density at radius 3 is 2.75 bits per heavy atom. The molecule has 3 nitrogen and oxygen atoms in total. The molecule has 0 saturated carbocycles. The number of rotatable bonds is 7. The average Bonchev–Trinajstić information content (AvgIpc) is 2.72. The zero-order valence-corrected chi connectivity index (χ0v) is 10.6. The van der Waals surface area contributed by atoms with Gasteiger partial charge in [-0.15, -0.1) is 0 Å². The minimum absolute atomic E-state index is 0.202. The summed E-state index contributed by atoms with van der Waals surface area (Å²) in [5.74, 6) is 0.710. The lowest BCUT2D eigenvalue weighted by atomic mass is 9.85. The first-order valence-electron chi connectivity index (χ1n) is 6.52. The van der Waals surface area contributed by atoms with Crippen molar-refractivity contribution in [2.24, 2.45) is 11.7 Å². The molecule has 0 aromatic carbocycles. The van der Waals surface area contributed by atoms with Gasteiger partial charge in [0.1, 0.15) is 5.54 Å². The Labute approximate surface area is 98.7 Å². The fraction of sp³-hybridized carbons (Fsp3) is 0.923. The Morgan fingerprint density at radius 1 is 1.50 bits per heavy atom. The summed E-state index contributed by atoms with van der Waals surface area (Å²) in [7, 11) is 0.